The summed E-state index contributed by atoms with van der Waals surface area (Å²) >= 11 is 0. The van der Waals surface area contributed by atoms with Crippen molar-refractivity contribution in [2.75, 3.05) is 25.3 Å². The van der Waals surface area contributed by atoms with Crippen LogP contribution in [0.3, 0.4) is 0 Å². The summed E-state index contributed by atoms with van der Waals surface area (Å²) in [4.78, 5) is 7.30. The number of nitrogens with zero attached hydrogens (tertiary/aromatic N) is 4. The topological polar surface area (TPSA) is 68.1 Å². The van der Waals surface area contributed by atoms with E-state index in [1.54, 1.807) is 23.0 Å². The quantitative estimate of drug-likeness (QED) is 0.498. The number of aryl methyl sites for hydroxylation is 2. The summed E-state index contributed by atoms with van der Waals surface area (Å²) in [5.41, 5.74) is 6.85. The molecule has 7 heteroatoms. The first kappa shape index (κ1) is 20.1. The number of benzene rings is 2. The van der Waals surface area contributed by atoms with Gasteiger partial charge < -0.3 is 4.90 Å². The van der Waals surface area contributed by atoms with Gasteiger partial charge in [0.2, 0.25) is 0 Å². The Morgan fingerprint density at radius 1 is 1.00 bits per heavy atom. The summed E-state index contributed by atoms with van der Waals surface area (Å²) in [7, 11) is 2.67. The molecule has 2 heterocycles. The molecule has 0 radical (unpaired) electrons. The predicted octanol–water partition coefficient (Wildman–Crippen LogP) is 4.08. The fraction of sp³-hybridized carbons (Fsp3) is 0.217. The summed E-state index contributed by atoms with van der Waals surface area (Å²) in [5.74, 6) is 0. The van der Waals surface area contributed by atoms with Crippen molar-refractivity contribution < 1.29 is 8.42 Å². The maximum absolute atomic E-state index is 11.9. The molecular formula is C23H24N4O2S. The zero-order chi connectivity index (χ0) is 21.6. The standard InChI is InChI=1S/C23H24N4O2S/c1-15-10-20-19(16-6-8-18(9-7-16)30(5,28)29)11-21(17-13-24-27(4)14-17)25-22(20)12-23(15)26(2)3/h6-14H,1-5H3. The van der Waals surface area contributed by atoms with Gasteiger partial charge in [0.05, 0.1) is 22.3 Å². The minimum atomic E-state index is -3.24. The second-order valence-corrected chi connectivity index (χ2v) is 9.82. The predicted molar refractivity (Wildman–Crippen MR) is 122 cm³/mol. The third kappa shape index (κ3) is 3.68. The summed E-state index contributed by atoms with van der Waals surface area (Å²) in [6.07, 6.45) is 4.95. The van der Waals surface area contributed by atoms with Crippen molar-refractivity contribution >= 4 is 26.4 Å². The van der Waals surface area contributed by atoms with Crippen LogP contribution in [0.2, 0.25) is 0 Å². The van der Waals surface area contributed by atoms with E-state index in [1.807, 2.05) is 45.5 Å². The van der Waals surface area contributed by atoms with E-state index in [2.05, 4.69) is 29.1 Å². The monoisotopic (exact) mass is 420 g/mol. The Morgan fingerprint density at radius 3 is 2.27 bits per heavy atom. The van der Waals surface area contributed by atoms with E-state index in [1.165, 1.54) is 6.26 Å². The smallest absolute Gasteiger partial charge is 0.175 e. The van der Waals surface area contributed by atoms with Gasteiger partial charge in [0.25, 0.3) is 0 Å². The summed E-state index contributed by atoms with van der Waals surface area (Å²) < 4.78 is 25.5. The van der Waals surface area contributed by atoms with Gasteiger partial charge in [0.1, 0.15) is 0 Å². The lowest BCUT2D eigenvalue weighted by atomic mass is 9.97. The molecule has 0 bridgehead atoms. The van der Waals surface area contributed by atoms with E-state index in [-0.39, 0.29) is 0 Å². The van der Waals surface area contributed by atoms with Crippen LogP contribution < -0.4 is 4.90 Å². The highest BCUT2D eigenvalue weighted by atomic mass is 32.2. The molecule has 0 unspecified atom stereocenters. The van der Waals surface area contributed by atoms with Crippen molar-refractivity contribution in [1.82, 2.24) is 14.8 Å². The van der Waals surface area contributed by atoms with Gasteiger partial charge in [-0.2, -0.15) is 5.10 Å². The summed E-state index contributed by atoms with van der Waals surface area (Å²) in [5, 5.41) is 5.30. The molecule has 154 valence electrons. The molecule has 4 rings (SSSR count). The zero-order valence-electron chi connectivity index (χ0n) is 17.7. The number of pyridine rings is 1. The molecule has 0 aliphatic carbocycles. The van der Waals surface area contributed by atoms with Crippen LogP contribution in [0.15, 0.2) is 59.8 Å². The number of sulfone groups is 1. The van der Waals surface area contributed by atoms with E-state index in [9.17, 15) is 8.42 Å². The van der Waals surface area contributed by atoms with Gasteiger partial charge in [-0.3, -0.25) is 4.68 Å². The van der Waals surface area contributed by atoms with Gasteiger partial charge in [-0.25, -0.2) is 13.4 Å². The molecule has 2 aromatic carbocycles. The Balaban J connectivity index is 1.99. The molecule has 0 spiro atoms. The maximum atomic E-state index is 11.9. The molecule has 0 N–H and O–H groups in total. The molecule has 4 aromatic rings. The molecule has 0 saturated heterocycles. The second-order valence-electron chi connectivity index (χ2n) is 7.80. The third-order valence-corrected chi connectivity index (χ3v) is 6.33. The van der Waals surface area contributed by atoms with Crippen LogP contribution in [0.5, 0.6) is 0 Å². The lowest BCUT2D eigenvalue weighted by Gasteiger charge is -2.18. The van der Waals surface area contributed by atoms with Crippen molar-refractivity contribution in [3.8, 4) is 22.4 Å². The van der Waals surface area contributed by atoms with E-state index in [0.29, 0.717) is 4.90 Å². The van der Waals surface area contributed by atoms with Crippen LogP contribution in [0, 0.1) is 6.92 Å². The van der Waals surface area contributed by atoms with Crippen LogP contribution in [0.1, 0.15) is 5.56 Å². The highest BCUT2D eigenvalue weighted by molar-refractivity contribution is 7.90. The Labute approximate surface area is 176 Å². The van der Waals surface area contributed by atoms with Crippen molar-refractivity contribution in [1.29, 1.82) is 0 Å². The molecule has 0 amide bonds. The molecule has 0 fully saturated rings. The first-order valence-corrected chi connectivity index (χ1v) is 11.4. The van der Waals surface area contributed by atoms with Gasteiger partial charge >= 0.3 is 0 Å². The zero-order valence-corrected chi connectivity index (χ0v) is 18.5. The van der Waals surface area contributed by atoms with Gasteiger partial charge in [-0.15, -0.1) is 0 Å². The molecule has 0 aliphatic rings. The van der Waals surface area contributed by atoms with Crippen LogP contribution in [0.4, 0.5) is 5.69 Å². The Kier molecular flexibility index (Phi) is 4.86. The number of aromatic nitrogens is 3. The van der Waals surface area contributed by atoms with Crippen molar-refractivity contribution in [3.05, 3.63) is 60.4 Å². The van der Waals surface area contributed by atoms with E-state index in [4.69, 9.17) is 4.98 Å². The largest absolute Gasteiger partial charge is 0.377 e. The Bertz CT molecular complexity index is 1350. The fourth-order valence-corrected chi connectivity index (χ4v) is 4.30. The second kappa shape index (κ2) is 7.25. The molecule has 6 nitrogen and oxygen atoms in total. The Hall–Kier alpha value is -3.19. The van der Waals surface area contributed by atoms with E-state index >= 15 is 0 Å². The number of rotatable bonds is 4. The lowest BCUT2D eigenvalue weighted by Crippen LogP contribution is -2.10. The lowest BCUT2D eigenvalue weighted by molar-refractivity contribution is 0.602. The average Bonchev–Trinajstić information content (AvgIpc) is 3.12. The molecule has 0 atom stereocenters. The minimum absolute atomic E-state index is 0.308. The first-order valence-electron chi connectivity index (χ1n) is 9.56. The normalized spacial score (nSPS) is 11.8. The highest BCUT2D eigenvalue weighted by Crippen LogP contribution is 2.35. The van der Waals surface area contributed by atoms with Crippen LogP contribution in [-0.2, 0) is 16.9 Å². The van der Waals surface area contributed by atoms with Crippen LogP contribution in [-0.4, -0.2) is 43.5 Å². The third-order valence-electron chi connectivity index (χ3n) is 5.20. The molecule has 30 heavy (non-hydrogen) atoms. The number of hydrogen-bond donors (Lipinski definition) is 0. The molecule has 0 aliphatic heterocycles. The fourth-order valence-electron chi connectivity index (χ4n) is 3.67. The minimum Gasteiger partial charge on any atom is -0.377 e. The Morgan fingerprint density at radius 2 is 1.70 bits per heavy atom. The molecule has 2 aromatic heterocycles. The van der Waals surface area contributed by atoms with Crippen molar-refractivity contribution in [2.24, 2.45) is 7.05 Å². The van der Waals surface area contributed by atoms with E-state index in [0.717, 1.165) is 44.5 Å². The average molecular weight is 421 g/mol. The van der Waals surface area contributed by atoms with Crippen molar-refractivity contribution in [2.45, 2.75) is 11.8 Å². The number of anilines is 1. The van der Waals surface area contributed by atoms with Gasteiger partial charge in [0, 0.05) is 50.2 Å². The molecular weight excluding hydrogens is 396 g/mol. The summed E-state index contributed by atoms with van der Waals surface area (Å²) in [6.45, 7) is 2.08. The van der Waals surface area contributed by atoms with Crippen LogP contribution in [0.25, 0.3) is 33.3 Å². The van der Waals surface area contributed by atoms with Gasteiger partial charge in [-0.1, -0.05) is 12.1 Å². The van der Waals surface area contributed by atoms with Crippen LogP contribution >= 0.6 is 0 Å². The SMILES string of the molecule is Cc1cc2c(-c3ccc(S(C)(=O)=O)cc3)cc(-c3cnn(C)c3)nc2cc1N(C)C. The van der Waals surface area contributed by atoms with Gasteiger partial charge in [0.15, 0.2) is 9.84 Å². The van der Waals surface area contributed by atoms with E-state index < -0.39 is 9.84 Å². The van der Waals surface area contributed by atoms with Gasteiger partial charge in [-0.05, 0) is 53.9 Å². The summed E-state index contributed by atoms with van der Waals surface area (Å²) in [6, 6.07) is 13.3. The van der Waals surface area contributed by atoms with Crippen molar-refractivity contribution in [3.63, 3.8) is 0 Å². The molecule has 0 saturated carbocycles. The number of hydrogen-bond acceptors (Lipinski definition) is 5. The highest BCUT2D eigenvalue weighted by Gasteiger charge is 2.14. The maximum Gasteiger partial charge on any atom is 0.175 e. The first-order chi connectivity index (χ1) is 14.1. The number of fused-ring (bicyclic) bond motifs is 1.